The lowest BCUT2D eigenvalue weighted by atomic mass is 10.3. The molecule has 0 aromatic heterocycles. The molecule has 90 valence electrons. The lowest BCUT2D eigenvalue weighted by Crippen LogP contribution is -2.33. The summed E-state index contributed by atoms with van der Waals surface area (Å²) in [4.78, 5) is 0. The van der Waals surface area contributed by atoms with Crippen LogP contribution in [0.2, 0.25) is 0 Å². The fourth-order valence-corrected chi connectivity index (χ4v) is 1.63. The zero-order chi connectivity index (χ0) is 12.6. The third-order valence-corrected chi connectivity index (χ3v) is 4.08. The van der Waals surface area contributed by atoms with Gasteiger partial charge in [-0.2, -0.15) is 0 Å². The van der Waals surface area contributed by atoms with Crippen LogP contribution in [-0.4, -0.2) is 13.2 Å². The highest BCUT2D eigenvalue weighted by molar-refractivity contribution is 7.94. The molecule has 0 aliphatic heterocycles. The third-order valence-electron chi connectivity index (χ3n) is 1.98. The molecule has 0 saturated heterocycles. The highest BCUT2D eigenvalue weighted by atomic mass is 32.2. The van der Waals surface area contributed by atoms with Crippen molar-refractivity contribution in [1.29, 1.82) is 0 Å². The average molecular weight is 249 g/mol. The first-order valence-corrected chi connectivity index (χ1v) is 6.09. The van der Waals surface area contributed by atoms with Gasteiger partial charge in [-0.05, 0) is 32.9 Å². The van der Waals surface area contributed by atoms with Crippen LogP contribution in [-0.2, 0) is 10.0 Å². The van der Waals surface area contributed by atoms with E-state index < -0.39 is 26.4 Å². The first-order chi connectivity index (χ1) is 7.13. The molecule has 16 heavy (non-hydrogen) atoms. The standard InChI is InChI=1S/C10H13F2NO2S/c1-10(2,3)16(14,15)13-9-5-4-7(11)6-8(9)12/h4-6,13H,1-3H3. The molecule has 0 heterocycles. The molecule has 1 N–H and O–H groups in total. The van der Waals surface area contributed by atoms with Gasteiger partial charge in [-0.25, -0.2) is 17.2 Å². The first kappa shape index (κ1) is 12.9. The zero-order valence-electron chi connectivity index (χ0n) is 9.21. The van der Waals surface area contributed by atoms with Gasteiger partial charge >= 0.3 is 0 Å². The Morgan fingerprint density at radius 2 is 1.75 bits per heavy atom. The van der Waals surface area contributed by atoms with Gasteiger partial charge in [-0.15, -0.1) is 0 Å². The molecule has 1 aromatic carbocycles. The van der Waals surface area contributed by atoms with Gasteiger partial charge in [0.2, 0.25) is 10.0 Å². The number of rotatable bonds is 2. The summed E-state index contributed by atoms with van der Waals surface area (Å²) >= 11 is 0. The Hall–Kier alpha value is -1.17. The number of anilines is 1. The number of hydrogen-bond donors (Lipinski definition) is 1. The molecular formula is C10H13F2NO2S. The summed E-state index contributed by atoms with van der Waals surface area (Å²) < 4.78 is 50.2. The van der Waals surface area contributed by atoms with Gasteiger partial charge in [-0.3, -0.25) is 4.72 Å². The van der Waals surface area contributed by atoms with E-state index >= 15 is 0 Å². The van der Waals surface area contributed by atoms with E-state index in [9.17, 15) is 17.2 Å². The smallest absolute Gasteiger partial charge is 0.237 e. The van der Waals surface area contributed by atoms with Crippen LogP contribution in [0.25, 0.3) is 0 Å². The van der Waals surface area contributed by atoms with Crippen molar-refractivity contribution in [3.8, 4) is 0 Å². The van der Waals surface area contributed by atoms with Gasteiger partial charge in [0.1, 0.15) is 11.6 Å². The van der Waals surface area contributed by atoms with E-state index in [1.807, 2.05) is 0 Å². The molecule has 6 heteroatoms. The summed E-state index contributed by atoms with van der Waals surface area (Å²) in [5.74, 6) is -1.69. The largest absolute Gasteiger partial charge is 0.280 e. The molecule has 0 atom stereocenters. The van der Waals surface area contributed by atoms with E-state index in [1.54, 1.807) is 0 Å². The molecular weight excluding hydrogens is 236 g/mol. The predicted octanol–water partition coefficient (Wildman–Crippen LogP) is 2.51. The lowest BCUT2D eigenvalue weighted by molar-refractivity contribution is 0.563. The zero-order valence-corrected chi connectivity index (χ0v) is 10.0. The van der Waals surface area contributed by atoms with Crippen LogP contribution in [0, 0.1) is 11.6 Å². The molecule has 0 aliphatic carbocycles. The van der Waals surface area contributed by atoms with Crippen molar-refractivity contribution in [2.75, 3.05) is 4.72 Å². The van der Waals surface area contributed by atoms with Crippen LogP contribution >= 0.6 is 0 Å². The molecule has 0 bridgehead atoms. The van der Waals surface area contributed by atoms with Gasteiger partial charge in [0, 0.05) is 6.07 Å². The number of halogens is 2. The number of benzene rings is 1. The van der Waals surface area contributed by atoms with Crippen molar-refractivity contribution in [2.24, 2.45) is 0 Å². The van der Waals surface area contributed by atoms with Gasteiger partial charge < -0.3 is 0 Å². The molecule has 0 aliphatic rings. The second-order valence-electron chi connectivity index (χ2n) is 4.34. The number of nitrogens with one attached hydrogen (secondary N) is 1. The Morgan fingerprint density at radius 1 is 1.19 bits per heavy atom. The Bertz CT molecular complexity index is 492. The van der Waals surface area contributed by atoms with Crippen molar-refractivity contribution >= 4 is 15.7 Å². The normalized spacial score (nSPS) is 12.6. The van der Waals surface area contributed by atoms with E-state index in [-0.39, 0.29) is 5.69 Å². The minimum atomic E-state index is -3.70. The molecule has 3 nitrogen and oxygen atoms in total. The van der Waals surface area contributed by atoms with E-state index in [0.29, 0.717) is 6.07 Å². The predicted molar refractivity (Wildman–Crippen MR) is 58.7 cm³/mol. The SMILES string of the molecule is CC(C)(C)S(=O)(=O)Nc1ccc(F)cc1F. The summed E-state index contributed by atoms with van der Waals surface area (Å²) in [6.07, 6.45) is 0. The molecule has 1 aromatic rings. The maximum absolute atomic E-state index is 13.2. The maximum atomic E-state index is 13.2. The summed E-state index contributed by atoms with van der Waals surface area (Å²) in [6, 6.07) is 2.66. The summed E-state index contributed by atoms with van der Waals surface area (Å²) in [5.41, 5.74) is -0.253. The lowest BCUT2D eigenvalue weighted by Gasteiger charge is -2.20. The van der Waals surface area contributed by atoms with Crippen LogP contribution in [0.5, 0.6) is 0 Å². The van der Waals surface area contributed by atoms with Gasteiger partial charge in [0.25, 0.3) is 0 Å². The fraction of sp³-hybridized carbons (Fsp3) is 0.400. The summed E-state index contributed by atoms with van der Waals surface area (Å²) in [6.45, 7) is 4.45. The van der Waals surface area contributed by atoms with Crippen LogP contribution in [0.15, 0.2) is 18.2 Å². The molecule has 0 amide bonds. The van der Waals surface area contributed by atoms with Crippen LogP contribution in [0.1, 0.15) is 20.8 Å². The van der Waals surface area contributed by atoms with Crippen molar-refractivity contribution in [2.45, 2.75) is 25.5 Å². The summed E-state index contributed by atoms with van der Waals surface area (Å²) in [5, 5.41) is 0. The van der Waals surface area contributed by atoms with Crippen molar-refractivity contribution in [3.63, 3.8) is 0 Å². The Morgan fingerprint density at radius 3 is 2.19 bits per heavy atom. The topological polar surface area (TPSA) is 46.2 Å². The van der Waals surface area contributed by atoms with Gasteiger partial charge in [-0.1, -0.05) is 0 Å². The Labute approximate surface area is 93.5 Å². The van der Waals surface area contributed by atoms with Crippen molar-refractivity contribution in [1.82, 2.24) is 0 Å². The maximum Gasteiger partial charge on any atom is 0.237 e. The Kier molecular flexibility index (Phi) is 3.23. The second-order valence-corrected chi connectivity index (χ2v) is 6.78. The highest BCUT2D eigenvalue weighted by Crippen LogP contribution is 2.22. The number of hydrogen-bond acceptors (Lipinski definition) is 2. The number of sulfonamides is 1. The van der Waals surface area contributed by atoms with E-state index in [0.717, 1.165) is 12.1 Å². The van der Waals surface area contributed by atoms with Crippen LogP contribution < -0.4 is 4.72 Å². The van der Waals surface area contributed by atoms with Crippen LogP contribution in [0.3, 0.4) is 0 Å². The molecule has 0 unspecified atom stereocenters. The second kappa shape index (κ2) is 4.01. The molecule has 0 fully saturated rings. The highest BCUT2D eigenvalue weighted by Gasteiger charge is 2.29. The van der Waals surface area contributed by atoms with E-state index in [2.05, 4.69) is 4.72 Å². The minimum absolute atomic E-state index is 0.253. The van der Waals surface area contributed by atoms with Gasteiger partial charge in [0.15, 0.2) is 0 Å². The molecule has 0 radical (unpaired) electrons. The van der Waals surface area contributed by atoms with Crippen LogP contribution in [0.4, 0.5) is 14.5 Å². The van der Waals surface area contributed by atoms with Gasteiger partial charge in [0.05, 0.1) is 10.4 Å². The molecule has 0 saturated carbocycles. The van der Waals surface area contributed by atoms with Crippen molar-refractivity contribution < 1.29 is 17.2 Å². The average Bonchev–Trinajstić information content (AvgIpc) is 2.08. The summed E-state index contributed by atoms with van der Waals surface area (Å²) in [7, 11) is -3.70. The van der Waals surface area contributed by atoms with Crippen molar-refractivity contribution in [3.05, 3.63) is 29.8 Å². The third kappa shape index (κ3) is 2.69. The Balaban J connectivity index is 3.07. The quantitative estimate of drug-likeness (QED) is 0.875. The van der Waals surface area contributed by atoms with E-state index in [1.165, 1.54) is 20.8 Å². The molecule has 0 spiro atoms. The monoisotopic (exact) mass is 249 g/mol. The van der Waals surface area contributed by atoms with E-state index in [4.69, 9.17) is 0 Å². The molecule has 1 rings (SSSR count). The minimum Gasteiger partial charge on any atom is -0.280 e. The fourth-order valence-electron chi connectivity index (χ4n) is 0.870. The first-order valence-electron chi connectivity index (χ1n) is 4.61.